The van der Waals surface area contributed by atoms with E-state index < -0.39 is 0 Å². The Labute approximate surface area is 195 Å². The molecule has 0 spiro atoms. The van der Waals surface area contributed by atoms with Crippen molar-refractivity contribution in [2.75, 3.05) is 125 Å². The van der Waals surface area contributed by atoms with Crippen molar-refractivity contribution in [3.8, 4) is 12.3 Å². The maximum Gasteiger partial charge on any atom is 0.107 e. The molecule has 188 valence electrons. The molecular weight excluding hydrogens is 412 g/mol. The molecule has 0 aromatic carbocycles. The molecule has 1 saturated heterocycles. The predicted octanol–water partition coefficient (Wildman–Crippen LogP) is -0.663. The molecule has 9 heteroatoms. The van der Waals surface area contributed by atoms with E-state index in [0.717, 1.165) is 78.4 Å². The number of hydrogen-bond acceptors (Lipinski definition) is 9. The minimum absolute atomic E-state index is 0.218. The van der Waals surface area contributed by atoms with Crippen LogP contribution in [0.25, 0.3) is 0 Å². The van der Waals surface area contributed by atoms with E-state index in [1.54, 1.807) is 0 Å². The standard InChI is InChI=1S/C23H46N4O5/c1-2-16-29-18-20-31-22-23-32-21-19-30-17-14-27-11-9-26(10-12-27)8-4-7-25(13-15-28)6-3-5-24/h1,28H,3-24H2. The predicted molar refractivity (Wildman–Crippen MR) is 127 cm³/mol. The minimum atomic E-state index is 0.218. The molecule has 3 N–H and O–H groups in total. The second-order valence-corrected chi connectivity index (χ2v) is 7.84. The third-order valence-corrected chi connectivity index (χ3v) is 5.36. The van der Waals surface area contributed by atoms with E-state index in [0.29, 0.717) is 52.8 Å². The van der Waals surface area contributed by atoms with Crippen LogP contribution in [0.3, 0.4) is 0 Å². The van der Waals surface area contributed by atoms with Crippen LogP contribution >= 0.6 is 0 Å². The van der Waals surface area contributed by atoms with Crippen molar-refractivity contribution < 1.29 is 24.1 Å². The number of ether oxygens (including phenoxy) is 4. The Balaban J connectivity index is 1.89. The van der Waals surface area contributed by atoms with Crippen LogP contribution < -0.4 is 5.73 Å². The molecule has 9 nitrogen and oxygen atoms in total. The first-order valence-electron chi connectivity index (χ1n) is 12.0. The fourth-order valence-corrected chi connectivity index (χ4v) is 3.53. The van der Waals surface area contributed by atoms with E-state index >= 15 is 0 Å². The number of nitrogens with zero attached hydrogens (tertiary/aromatic N) is 3. The van der Waals surface area contributed by atoms with Crippen LogP contribution in [-0.4, -0.2) is 145 Å². The SMILES string of the molecule is C#CCOCCOCCOCCOCCN1CCN(CCCN(CCO)CCCN)CC1. The summed E-state index contributed by atoms with van der Waals surface area (Å²) in [7, 11) is 0. The summed E-state index contributed by atoms with van der Waals surface area (Å²) in [5.74, 6) is 2.41. The van der Waals surface area contributed by atoms with Gasteiger partial charge in [-0.25, -0.2) is 0 Å². The van der Waals surface area contributed by atoms with Crippen molar-refractivity contribution in [2.24, 2.45) is 5.73 Å². The summed E-state index contributed by atoms with van der Waals surface area (Å²) in [5.41, 5.74) is 5.60. The van der Waals surface area contributed by atoms with E-state index in [4.69, 9.17) is 31.1 Å². The van der Waals surface area contributed by atoms with Gasteiger partial charge in [0.2, 0.25) is 0 Å². The molecule has 1 aliphatic rings. The first-order chi connectivity index (χ1) is 15.8. The Morgan fingerprint density at radius 1 is 0.750 bits per heavy atom. The van der Waals surface area contributed by atoms with E-state index in [1.165, 1.54) is 0 Å². The van der Waals surface area contributed by atoms with Crippen LogP contribution in [0.1, 0.15) is 12.8 Å². The summed E-state index contributed by atoms with van der Waals surface area (Å²) in [4.78, 5) is 7.32. The van der Waals surface area contributed by atoms with Crippen LogP contribution in [0.5, 0.6) is 0 Å². The summed E-state index contributed by atoms with van der Waals surface area (Å²) in [5, 5.41) is 9.19. The van der Waals surface area contributed by atoms with Gasteiger partial charge < -0.3 is 39.6 Å². The summed E-state index contributed by atoms with van der Waals surface area (Å²) in [6.07, 6.45) is 7.22. The highest BCUT2D eigenvalue weighted by atomic mass is 16.6. The number of aliphatic hydroxyl groups is 1. The van der Waals surface area contributed by atoms with E-state index in [1.807, 2.05) is 0 Å². The molecule has 0 bridgehead atoms. The van der Waals surface area contributed by atoms with E-state index in [2.05, 4.69) is 20.6 Å². The van der Waals surface area contributed by atoms with Gasteiger partial charge in [-0.3, -0.25) is 4.90 Å². The second kappa shape index (κ2) is 22.0. The summed E-state index contributed by atoms with van der Waals surface area (Å²) >= 11 is 0. The Kier molecular flexibility index (Phi) is 20.1. The maximum absolute atomic E-state index is 9.19. The first kappa shape index (κ1) is 29.2. The molecule has 1 aliphatic heterocycles. The number of piperazine rings is 1. The van der Waals surface area contributed by atoms with Gasteiger partial charge in [0.25, 0.3) is 0 Å². The smallest absolute Gasteiger partial charge is 0.107 e. The van der Waals surface area contributed by atoms with Gasteiger partial charge in [-0.1, -0.05) is 5.92 Å². The topological polar surface area (TPSA) is 92.9 Å². The number of terminal acetylenes is 1. The zero-order valence-electron chi connectivity index (χ0n) is 19.9. The van der Waals surface area contributed by atoms with Gasteiger partial charge >= 0.3 is 0 Å². The van der Waals surface area contributed by atoms with Gasteiger partial charge in [-0.15, -0.1) is 6.42 Å². The molecule has 0 aromatic rings. The van der Waals surface area contributed by atoms with Gasteiger partial charge in [0.15, 0.2) is 0 Å². The average molecular weight is 459 g/mol. The van der Waals surface area contributed by atoms with Crippen molar-refractivity contribution >= 4 is 0 Å². The molecule has 0 amide bonds. The number of aliphatic hydroxyl groups excluding tert-OH is 1. The number of hydrogen-bond donors (Lipinski definition) is 2. The van der Waals surface area contributed by atoms with Crippen LogP contribution in [0.4, 0.5) is 0 Å². The molecule has 1 rings (SSSR count). The number of nitrogens with two attached hydrogens (primary N) is 1. The largest absolute Gasteiger partial charge is 0.395 e. The minimum Gasteiger partial charge on any atom is -0.395 e. The fraction of sp³-hybridized carbons (Fsp3) is 0.913. The van der Waals surface area contributed by atoms with Crippen molar-refractivity contribution in [3.05, 3.63) is 0 Å². The van der Waals surface area contributed by atoms with Gasteiger partial charge in [0.1, 0.15) is 6.61 Å². The van der Waals surface area contributed by atoms with Gasteiger partial charge in [0, 0.05) is 39.3 Å². The van der Waals surface area contributed by atoms with E-state index in [-0.39, 0.29) is 6.61 Å². The molecule has 0 aromatic heterocycles. The first-order valence-corrected chi connectivity index (χ1v) is 12.0. The van der Waals surface area contributed by atoms with Crippen LogP contribution in [0.15, 0.2) is 0 Å². The van der Waals surface area contributed by atoms with Gasteiger partial charge in [-0.05, 0) is 39.0 Å². The Hall–Kier alpha value is -0.800. The van der Waals surface area contributed by atoms with Crippen LogP contribution in [0, 0.1) is 12.3 Å². The normalized spacial score (nSPS) is 15.4. The number of rotatable bonds is 22. The third-order valence-electron chi connectivity index (χ3n) is 5.36. The zero-order valence-corrected chi connectivity index (χ0v) is 19.9. The van der Waals surface area contributed by atoms with Crippen LogP contribution in [-0.2, 0) is 18.9 Å². The van der Waals surface area contributed by atoms with E-state index in [9.17, 15) is 5.11 Å². The molecule has 0 aliphatic carbocycles. The quantitative estimate of drug-likeness (QED) is 0.162. The lowest BCUT2D eigenvalue weighted by Gasteiger charge is -2.35. The lowest BCUT2D eigenvalue weighted by Crippen LogP contribution is -2.47. The Morgan fingerprint density at radius 3 is 1.84 bits per heavy atom. The Morgan fingerprint density at radius 2 is 1.28 bits per heavy atom. The van der Waals surface area contributed by atoms with Crippen molar-refractivity contribution in [3.63, 3.8) is 0 Å². The molecule has 1 fully saturated rings. The lowest BCUT2D eigenvalue weighted by atomic mass is 10.2. The van der Waals surface area contributed by atoms with Crippen molar-refractivity contribution in [1.29, 1.82) is 0 Å². The van der Waals surface area contributed by atoms with Crippen molar-refractivity contribution in [1.82, 2.24) is 14.7 Å². The third kappa shape index (κ3) is 16.8. The van der Waals surface area contributed by atoms with Gasteiger partial charge in [-0.2, -0.15) is 0 Å². The monoisotopic (exact) mass is 458 g/mol. The molecule has 1 heterocycles. The Bertz CT molecular complexity index is 445. The zero-order chi connectivity index (χ0) is 23.1. The highest BCUT2D eigenvalue weighted by molar-refractivity contribution is 4.82. The highest BCUT2D eigenvalue weighted by Crippen LogP contribution is 2.03. The summed E-state index contributed by atoms with van der Waals surface area (Å²) in [6.45, 7) is 14.6. The lowest BCUT2D eigenvalue weighted by molar-refractivity contribution is -0.00261. The molecule has 0 saturated carbocycles. The second-order valence-electron chi connectivity index (χ2n) is 7.84. The highest BCUT2D eigenvalue weighted by Gasteiger charge is 2.16. The maximum atomic E-state index is 9.19. The average Bonchev–Trinajstić information content (AvgIpc) is 2.81. The van der Waals surface area contributed by atoms with Gasteiger partial charge in [0.05, 0.1) is 52.9 Å². The summed E-state index contributed by atoms with van der Waals surface area (Å²) in [6, 6.07) is 0. The molecule has 0 unspecified atom stereocenters. The van der Waals surface area contributed by atoms with Crippen molar-refractivity contribution in [2.45, 2.75) is 12.8 Å². The van der Waals surface area contributed by atoms with Crippen LogP contribution in [0.2, 0.25) is 0 Å². The molecule has 32 heavy (non-hydrogen) atoms. The summed E-state index contributed by atoms with van der Waals surface area (Å²) < 4.78 is 21.7. The molecule has 0 radical (unpaired) electrons. The molecular formula is C23H46N4O5. The fourth-order valence-electron chi connectivity index (χ4n) is 3.53. The molecule has 0 atom stereocenters.